The summed E-state index contributed by atoms with van der Waals surface area (Å²) in [7, 11) is 0. The van der Waals surface area contributed by atoms with Crippen molar-refractivity contribution in [1.29, 1.82) is 0 Å². The highest BCUT2D eigenvalue weighted by Crippen LogP contribution is 2.69. The maximum atomic E-state index is 2.68. The minimum atomic E-state index is 0.509. The van der Waals surface area contributed by atoms with E-state index in [1.807, 2.05) is 0 Å². The normalized spacial score (nSPS) is 19.3. The summed E-state index contributed by atoms with van der Waals surface area (Å²) in [4.78, 5) is 0. The molecule has 0 aliphatic heterocycles. The van der Waals surface area contributed by atoms with E-state index in [1.54, 1.807) is 184 Å². The van der Waals surface area contributed by atoms with Crippen LogP contribution in [0.2, 0.25) is 0 Å². The maximum absolute atomic E-state index is 2.68. The fraction of sp³-hybridized carbons (Fsp3) is 0.102. The summed E-state index contributed by atoms with van der Waals surface area (Å²) < 4.78 is 0. The predicted molar refractivity (Wildman–Crippen MR) is 207 cm³/mol. The third-order valence-electron chi connectivity index (χ3n) is 16.4. The van der Waals surface area contributed by atoms with Gasteiger partial charge in [-0.05, 0) is 226 Å². The zero-order chi connectivity index (χ0) is 29.7. The Morgan fingerprint density at radius 2 is 0.796 bits per heavy atom. The number of hydrogen-bond acceptors (Lipinski definition) is 0. The molecule has 5 aliphatic carbocycles. The molecule has 0 spiro atoms. The summed E-state index contributed by atoms with van der Waals surface area (Å²) in [6.45, 7) is 0. The molecule has 0 nitrogen and oxygen atoms in total. The van der Waals surface area contributed by atoms with Crippen LogP contribution in [0.5, 0.6) is 0 Å². The van der Waals surface area contributed by atoms with Gasteiger partial charge in [-0.1, -0.05) is 42.5 Å². The fourth-order valence-electron chi connectivity index (χ4n) is 15.5. The van der Waals surface area contributed by atoms with Crippen LogP contribution in [0.3, 0.4) is 0 Å². The number of rotatable bonds is 0. The molecule has 15 aromatic carbocycles. The summed E-state index contributed by atoms with van der Waals surface area (Å²) in [6.07, 6.45) is 4.43. The van der Waals surface area contributed by atoms with Gasteiger partial charge in [0, 0.05) is 5.92 Å². The second-order valence-electron chi connectivity index (χ2n) is 17.5. The lowest BCUT2D eigenvalue weighted by atomic mass is 9.74. The first-order chi connectivity index (χ1) is 24.3. The molecular weight excluding hydrogens is 589 g/mol. The topological polar surface area (TPSA) is 0 Å². The highest BCUT2D eigenvalue weighted by Gasteiger charge is 2.45. The van der Waals surface area contributed by atoms with Crippen LogP contribution in [0.1, 0.15) is 44.9 Å². The quantitative estimate of drug-likeness (QED) is 0.119. The Balaban J connectivity index is 1.38. The molecule has 0 bridgehead atoms. The lowest BCUT2D eigenvalue weighted by Crippen LogP contribution is -2.10. The first kappa shape index (κ1) is 19.9. The van der Waals surface area contributed by atoms with Gasteiger partial charge in [-0.3, -0.25) is 0 Å². The van der Waals surface area contributed by atoms with Crippen molar-refractivity contribution >= 4 is 156 Å². The molecule has 0 saturated carbocycles. The molecule has 0 saturated heterocycles. The van der Waals surface area contributed by atoms with E-state index < -0.39 is 0 Å². The number of benzene rings is 12. The van der Waals surface area contributed by atoms with Crippen molar-refractivity contribution in [2.24, 2.45) is 0 Å². The van der Waals surface area contributed by atoms with Crippen molar-refractivity contribution in [2.45, 2.75) is 31.6 Å². The fourth-order valence-corrected chi connectivity index (χ4v) is 15.5. The van der Waals surface area contributed by atoms with E-state index in [0.29, 0.717) is 5.92 Å². The van der Waals surface area contributed by atoms with E-state index in [0.717, 1.165) is 25.7 Å². The van der Waals surface area contributed by atoms with Crippen LogP contribution >= 0.6 is 0 Å². The van der Waals surface area contributed by atoms with Gasteiger partial charge in [-0.2, -0.15) is 0 Å². The van der Waals surface area contributed by atoms with E-state index in [4.69, 9.17) is 0 Å². The molecule has 1 unspecified atom stereocenters. The molecule has 0 heteroatoms. The molecule has 0 heterocycles. The molecule has 0 N–H and O–H groups in total. The zero-order valence-electron chi connectivity index (χ0n) is 25.9. The smallest absolute Gasteiger partial charge is 0.0114 e. The maximum Gasteiger partial charge on any atom is 0.0114 e. The van der Waals surface area contributed by atoms with Crippen molar-refractivity contribution in [3.63, 3.8) is 0 Å². The summed E-state index contributed by atoms with van der Waals surface area (Å²) in [6, 6.07) is 18.1. The Labute approximate surface area is 273 Å². The summed E-state index contributed by atoms with van der Waals surface area (Å²) in [5.74, 6) is 0.509. The molecule has 0 aromatic heterocycles. The Kier molecular flexibility index (Phi) is 2.06. The third-order valence-corrected chi connectivity index (χ3v) is 16.4. The lowest BCUT2D eigenvalue weighted by molar-refractivity contribution is 0.856. The molecule has 15 aromatic rings. The first-order valence-corrected chi connectivity index (χ1v) is 18.5. The van der Waals surface area contributed by atoms with Crippen LogP contribution in [0.25, 0.3) is 156 Å². The third kappa shape index (κ3) is 1.36. The van der Waals surface area contributed by atoms with Crippen molar-refractivity contribution in [3.8, 4) is 0 Å². The van der Waals surface area contributed by atoms with E-state index in [9.17, 15) is 0 Å². The second-order valence-corrected chi connectivity index (χ2v) is 17.5. The van der Waals surface area contributed by atoms with Gasteiger partial charge in [-0.15, -0.1) is 0 Å². The van der Waals surface area contributed by atoms with E-state index in [2.05, 4.69) is 42.5 Å². The van der Waals surface area contributed by atoms with Crippen LogP contribution in [0.4, 0.5) is 0 Å². The van der Waals surface area contributed by atoms with Gasteiger partial charge in [0.1, 0.15) is 0 Å². The first-order valence-electron chi connectivity index (χ1n) is 18.5. The SMILES string of the molecule is c1cc2c3ccc4c5c3c3c2c2c1CC1C6=c7c8c(cc9cc%10c%11c%12c(cc(c%13c5c5c3c3c2c1c7c1c2c8c9c%11c2c(c%12%13)c5c13)C4)C%10)C6. The van der Waals surface area contributed by atoms with Gasteiger partial charge >= 0.3 is 0 Å². The Morgan fingerprint density at radius 3 is 1.53 bits per heavy atom. The Bertz CT molecular complexity index is 4380. The summed E-state index contributed by atoms with van der Waals surface area (Å²) in [5, 5.41) is 46.9. The van der Waals surface area contributed by atoms with Crippen LogP contribution in [-0.2, 0) is 25.7 Å². The molecule has 0 fully saturated rings. The Hall–Kier alpha value is -5.72. The number of hydrogen-bond donors (Lipinski definition) is 0. The summed E-state index contributed by atoms with van der Waals surface area (Å²) >= 11 is 0. The molecule has 1 atom stereocenters. The van der Waals surface area contributed by atoms with E-state index in [1.165, 1.54) is 16.2 Å². The van der Waals surface area contributed by atoms with Gasteiger partial charge in [0.2, 0.25) is 0 Å². The molecule has 0 radical (unpaired) electrons. The van der Waals surface area contributed by atoms with Gasteiger partial charge in [0.15, 0.2) is 0 Å². The van der Waals surface area contributed by atoms with E-state index >= 15 is 0 Å². The lowest BCUT2D eigenvalue weighted by Gasteiger charge is -2.28. The van der Waals surface area contributed by atoms with Gasteiger partial charge < -0.3 is 0 Å². The van der Waals surface area contributed by atoms with Crippen LogP contribution < -0.4 is 5.22 Å². The van der Waals surface area contributed by atoms with Crippen LogP contribution in [0.15, 0.2) is 42.5 Å². The van der Waals surface area contributed by atoms with Crippen LogP contribution in [-0.4, -0.2) is 0 Å². The molecular formula is C49H16. The minimum Gasteiger partial charge on any atom is -0.0577 e. The molecule has 0 amide bonds. The standard InChI is InChI=1S/C49H16/c1-3-19-20-4-2-13-10-21-22-11-18-9-17-8-16-7-15-6-14-5-12(1)23-30(19)39-31(20)24(13)38-33(21)40-32(22)27(18)37-29(17)36-26(16)25(15)35-28(14)34(23)41-46(39)45(38)49-47(40)44(37)42(36)43(35)48(41)49/h1-4,6,8-9,21H,5,7,10-11H2. The number of fused-ring (bicyclic) bond motifs is 2. The van der Waals surface area contributed by atoms with Gasteiger partial charge in [0.05, 0.1) is 0 Å². The highest BCUT2D eigenvalue weighted by atomic mass is 14.5. The van der Waals surface area contributed by atoms with Crippen molar-refractivity contribution in [2.75, 3.05) is 0 Å². The van der Waals surface area contributed by atoms with Gasteiger partial charge in [0.25, 0.3) is 0 Å². The van der Waals surface area contributed by atoms with Crippen molar-refractivity contribution in [1.82, 2.24) is 0 Å². The molecule has 49 heavy (non-hydrogen) atoms. The Morgan fingerprint density at radius 1 is 0.327 bits per heavy atom. The molecule has 212 valence electrons. The van der Waals surface area contributed by atoms with E-state index in [-0.39, 0.29) is 0 Å². The highest BCUT2D eigenvalue weighted by molar-refractivity contribution is 6.67. The monoisotopic (exact) mass is 604 g/mol. The van der Waals surface area contributed by atoms with Gasteiger partial charge in [-0.25, -0.2) is 0 Å². The molecule has 5 aliphatic rings. The average molecular weight is 605 g/mol. The summed E-state index contributed by atoms with van der Waals surface area (Å²) in [5.41, 5.74) is 13.0. The average Bonchev–Trinajstić information content (AvgIpc) is 3.95. The van der Waals surface area contributed by atoms with Crippen LogP contribution in [0, 0.1) is 0 Å². The molecule has 20 rings (SSSR count). The minimum absolute atomic E-state index is 0.509. The zero-order valence-corrected chi connectivity index (χ0v) is 25.9. The predicted octanol–water partition coefficient (Wildman–Crippen LogP) is 11.7. The second kappa shape index (κ2) is 5.06. The van der Waals surface area contributed by atoms with Crippen molar-refractivity contribution < 1.29 is 0 Å². The largest absolute Gasteiger partial charge is 0.0577 e. The van der Waals surface area contributed by atoms with Crippen molar-refractivity contribution in [3.05, 3.63) is 86.6 Å².